The summed E-state index contributed by atoms with van der Waals surface area (Å²) in [6.45, 7) is 3.30. The number of carbonyl (C=O) groups excluding carboxylic acids is 1. The minimum Gasteiger partial charge on any atom is -0.356 e. The summed E-state index contributed by atoms with van der Waals surface area (Å²) in [6, 6.07) is 0. The molecule has 0 aromatic heterocycles. The van der Waals surface area contributed by atoms with E-state index in [0.717, 1.165) is 13.0 Å². The minimum absolute atomic E-state index is 0.00376. The first kappa shape index (κ1) is 11.9. The van der Waals surface area contributed by atoms with Crippen LogP contribution in [0.4, 0.5) is 0 Å². The van der Waals surface area contributed by atoms with Gasteiger partial charge in [0.05, 0.1) is 0 Å². The van der Waals surface area contributed by atoms with Crippen LogP contribution >= 0.6 is 11.8 Å². The molecule has 2 unspecified atom stereocenters. The molecule has 14 heavy (non-hydrogen) atoms. The van der Waals surface area contributed by atoms with Crippen molar-refractivity contribution in [3.05, 3.63) is 0 Å². The predicted octanol–water partition coefficient (Wildman–Crippen LogP) is 0.841. The second-order valence-corrected chi connectivity index (χ2v) is 4.97. The average Bonchev–Trinajstić information content (AvgIpc) is 2.69. The fourth-order valence-corrected chi connectivity index (χ4v) is 2.88. The van der Waals surface area contributed by atoms with Crippen molar-refractivity contribution in [1.82, 2.24) is 5.32 Å². The molecule has 1 aliphatic heterocycles. The Morgan fingerprint density at radius 3 is 3.00 bits per heavy atom. The number of hydrogen-bond acceptors (Lipinski definition) is 3. The van der Waals surface area contributed by atoms with Gasteiger partial charge in [-0.25, -0.2) is 0 Å². The molecule has 3 N–H and O–H groups in total. The Hall–Kier alpha value is -0.220. The van der Waals surface area contributed by atoms with Gasteiger partial charge in [0.15, 0.2) is 0 Å². The summed E-state index contributed by atoms with van der Waals surface area (Å²) in [4.78, 5) is 11.6. The highest BCUT2D eigenvalue weighted by atomic mass is 32.2. The van der Waals surface area contributed by atoms with Crippen molar-refractivity contribution >= 4 is 17.7 Å². The van der Waals surface area contributed by atoms with Crippen LogP contribution in [-0.2, 0) is 4.79 Å². The fraction of sp³-hybridized carbons (Fsp3) is 0.900. The van der Waals surface area contributed by atoms with Gasteiger partial charge in [-0.1, -0.05) is 6.92 Å². The molecule has 0 aliphatic carbocycles. The van der Waals surface area contributed by atoms with Crippen molar-refractivity contribution < 1.29 is 4.79 Å². The number of carbonyl (C=O) groups is 1. The third kappa shape index (κ3) is 3.50. The molecule has 0 bridgehead atoms. The van der Waals surface area contributed by atoms with E-state index in [2.05, 4.69) is 5.32 Å². The molecule has 0 saturated carbocycles. The molecule has 1 rings (SSSR count). The lowest BCUT2D eigenvalue weighted by atomic mass is 10.1. The first-order valence-corrected chi connectivity index (χ1v) is 6.49. The second-order valence-electron chi connectivity index (χ2n) is 3.82. The minimum atomic E-state index is 0.00376. The Kier molecular flexibility index (Phi) is 5.33. The first-order chi connectivity index (χ1) is 6.77. The Labute approximate surface area is 90.2 Å². The van der Waals surface area contributed by atoms with E-state index < -0.39 is 0 Å². The zero-order valence-electron chi connectivity index (χ0n) is 8.79. The van der Waals surface area contributed by atoms with Crippen molar-refractivity contribution in [1.29, 1.82) is 0 Å². The van der Waals surface area contributed by atoms with Crippen LogP contribution in [0, 0.1) is 11.8 Å². The molecular weight excluding hydrogens is 196 g/mol. The Bertz CT molecular complexity index is 177. The highest BCUT2D eigenvalue weighted by Crippen LogP contribution is 2.22. The Morgan fingerprint density at radius 2 is 2.50 bits per heavy atom. The van der Waals surface area contributed by atoms with Crippen LogP contribution < -0.4 is 11.1 Å². The summed E-state index contributed by atoms with van der Waals surface area (Å²) in [6.07, 6.45) is 2.08. The van der Waals surface area contributed by atoms with E-state index in [-0.39, 0.29) is 11.8 Å². The molecule has 2 atom stereocenters. The van der Waals surface area contributed by atoms with E-state index in [1.165, 1.54) is 17.9 Å². The molecule has 1 heterocycles. The zero-order valence-corrected chi connectivity index (χ0v) is 9.61. The van der Waals surface area contributed by atoms with Crippen LogP contribution in [-0.4, -0.2) is 30.5 Å². The van der Waals surface area contributed by atoms with Gasteiger partial charge in [0.2, 0.25) is 5.91 Å². The summed E-state index contributed by atoms with van der Waals surface area (Å²) in [7, 11) is 0. The Balaban J connectivity index is 2.18. The van der Waals surface area contributed by atoms with E-state index in [9.17, 15) is 4.79 Å². The standard InChI is InChI=1S/C10H20N2OS/c1-2-9(5-11)10(13)12-6-8-3-4-14-7-8/h8-9H,2-7,11H2,1H3,(H,12,13). The van der Waals surface area contributed by atoms with Gasteiger partial charge in [-0.3, -0.25) is 4.79 Å². The van der Waals surface area contributed by atoms with Gasteiger partial charge < -0.3 is 11.1 Å². The van der Waals surface area contributed by atoms with E-state index in [1.54, 1.807) is 0 Å². The average molecular weight is 216 g/mol. The number of thioether (sulfide) groups is 1. The molecule has 4 heteroatoms. The molecule has 1 fully saturated rings. The molecule has 82 valence electrons. The van der Waals surface area contributed by atoms with Crippen LogP contribution in [0.15, 0.2) is 0 Å². The van der Waals surface area contributed by atoms with E-state index in [1.807, 2.05) is 18.7 Å². The highest BCUT2D eigenvalue weighted by molar-refractivity contribution is 7.99. The summed E-state index contributed by atoms with van der Waals surface area (Å²) in [5, 5.41) is 2.99. The van der Waals surface area contributed by atoms with Gasteiger partial charge >= 0.3 is 0 Å². The summed E-state index contributed by atoms with van der Waals surface area (Å²) in [5.41, 5.74) is 5.50. The van der Waals surface area contributed by atoms with E-state index in [4.69, 9.17) is 5.73 Å². The SMILES string of the molecule is CCC(CN)C(=O)NCC1CCSC1. The topological polar surface area (TPSA) is 55.1 Å². The van der Waals surface area contributed by atoms with Crippen molar-refractivity contribution in [2.75, 3.05) is 24.6 Å². The largest absolute Gasteiger partial charge is 0.356 e. The molecule has 1 saturated heterocycles. The summed E-state index contributed by atoms with van der Waals surface area (Å²) in [5.74, 6) is 3.25. The van der Waals surface area contributed by atoms with Crippen molar-refractivity contribution in [2.24, 2.45) is 17.6 Å². The molecule has 1 aliphatic rings. The number of rotatable bonds is 5. The molecule has 0 radical (unpaired) electrons. The lowest BCUT2D eigenvalue weighted by Gasteiger charge is -2.14. The molecule has 0 aromatic rings. The van der Waals surface area contributed by atoms with Crippen LogP contribution in [0.1, 0.15) is 19.8 Å². The maximum Gasteiger partial charge on any atom is 0.224 e. The maximum atomic E-state index is 11.6. The van der Waals surface area contributed by atoms with E-state index >= 15 is 0 Å². The van der Waals surface area contributed by atoms with Gasteiger partial charge in [0.1, 0.15) is 0 Å². The van der Waals surface area contributed by atoms with Crippen LogP contribution in [0.5, 0.6) is 0 Å². The van der Waals surface area contributed by atoms with Gasteiger partial charge in [0, 0.05) is 19.0 Å². The fourth-order valence-electron chi connectivity index (χ4n) is 1.59. The normalized spacial score (nSPS) is 23.4. The van der Waals surface area contributed by atoms with Gasteiger partial charge in [-0.05, 0) is 30.3 Å². The zero-order chi connectivity index (χ0) is 10.4. The summed E-state index contributed by atoms with van der Waals surface area (Å²) < 4.78 is 0. The van der Waals surface area contributed by atoms with E-state index in [0.29, 0.717) is 12.5 Å². The quantitative estimate of drug-likeness (QED) is 0.716. The van der Waals surface area contributed by atoms with Crippen molar-refractivity contribution in [3.8, 4) is 0 Å². The maximum absolute atomic E-state index is 11.6. The lowest BCUT2D eigenvalue weighted by molar-refractivity contribution is -0.124. The first-order valence-electron chi connectivity index (χ1n) is 5.33. The van der Waals surface area contributed by atoms with Gasteiger partial charge in [-0.15, -0.1) is 0 Å². The third-order valence-corrected chi connectivity index (χ3v) is 3.97. The summed E-state index contributed by atoms with van der Waals surface area (Å²) >= 11 is 1.98. The number of nitrogens with two attached hydrogens (primary N) is 1. The third-order valence-electron chi connectivity index (χ3n) is 2.74. The highest BCUT2D eigenvalue weighted by Gasteiger charge is 2.18. The number of hydrogen-bond donors (Lipinski definition) is 2. The van der Waals surface area contributed by atoms with Crippen LogP contribution in [0.3, 0.4) is 0 Å². The lowest BCUT2D eigenvalue weighted by Crippen LogP contribution is -2.37. The number of nitrogens with one attached hydrogen (secondary N) is 1. The molecule has 1 amide bonds. The monoisotopic (exact) mass is 216 g/mol. The van der Waals surface area contributed by atoms with Crippen LogP contribution in [0.2, 0.25) is 0 Å². The number of amides is 1. The predicted molar refractivity (Wildman–Crippen MR) is 61.3 cm³/mol. The molecule has 3 nitrogen and oxygen atoms in total. The van der Waals surface area contributed by atoms with Gasteiger partial charge in [0.25, 0.3) is 0 Å². The second kappa shape index (κ2) is 6.30. The van der Waals surface area contributed by atoms with Crippen molar-refractivity contribution in [2.45, 2.75) is 19.8 Å². The van der Waals surface area contributed by atoms with Crippen LogP contribution in [0.25, 0.3) is 0 Å². The molecule has 0 spiro atoms. The smallest absolute Gasteiger partial charge is 0.224 e. The van der Waals surface area contributed by atoms with Crippen molar-refractivity contribution in [3.63, 3.8) is 0 Å². The van der Waals surface area contributed by atoms with Gasteiger partial charge in [-0.2, -0.15) is 11.8 Å². The molecule has 0 aromatic carbocycles. The Morgan fingerprint density at radius 1 is 1.71 bits per heavy atom. The molecular formula is C10H20N2OS.